The molecule has 1 atom stereocenters. The van der Waals surface area contributed by atoms with Crippen LogP contribution in [-0.4, -0.2) is 18.0 Å². The Balaban J connectivity index is 1.78. The Morgan fingerprint density at radius 2 is 1.76 bits per heavy atom. The first-order valence-corrected chi connectivity index (χ1v) is 8.27. The second-order valence-corrected chi connectivity index (χ2v) is 5.87. The van der Waals surface area contributed by atoms with Crippen molar-refractivity contribution in [3.8, 4) is 5.75 Å². The van der Waals surface area contributed by atoms with Crippen molar-refractivity contribution < 1.29 is 14.3 Å². The third-order valence-corrected chi connectivity index (χ3v) is 4.00. The quantitative estimate of drug-likeness (QED) is 0.664. The molecule has 5 heteroatoms. The zero-order valence-electron chi connectivity index (χ0n) is 14.2. The molecular formula is C20H20N2O3. The van der Waals surface area contributed by atoms with Gasteiger partial charge in [0.1, 0.15) is 11.4 Å². The third kappa shape index (κ3) is 3.71. The van der Waals surface area contributed by atoms with Crippen molar-refractivity contribution in [1.82, 2.24) is 5.32 Å². The molecule has 2 aromatic rings. The van der Waals surface area contributed by atoms with Crippen LogP contribution >= 0.6 is 0 Å². The first-order valence-electron chi connectivity index (χ1n) is 8.27. The molecule has 5 nitrogen and oxygen atoms in total. The van der Waals surface area contributed by atoms with E-state index in [1.165, 1.54) is 0 Å². The molecule has 0 saturated carbocycles. The summed E-state index contributed by atoms with van der Waals surface area (Å²) in [6.45, 7) is 4.08. The molecule has 128 valence electrons. The molecule has 0 bridgehead atoms. The molecule has 0 spiro atoms. The van der Waals surface area contributed by atoms with Gasteiger partial charge in [0.15, 0.2) is 0 Å². The number of urea groups is 1. The maximum absolute atomic E-state index is 12.5. The van der Waals surface area contributed by atoms with E-state index in [9.17, 15) is 9.59 Å². The molecule has 1 aliphatic heterocycles. The van der Waals surface area contributed by atoms with Crippen molar-refractivity contribution in [3.63, 3.8) is 0 Å². The van der Waals surface area contributed by atoms with Gasteiger partial charge in [-0.25, -0.2) is 9.69 Å². The van der Waals surface area contributed by atoms with E-state index in [1.54, 1.807) is 30.3 Å². The van der Waals surface area contributed by atoms with Crippen molar-refractivity contribution in [2.45, 2.75) is 26.4 Å². The minimum absolute atomic E-state index is 0.152. The minimum Gasteiger partial charge on any atom is -0.491 e. The van der Waals surface area contributed by atoms with E-state index in [-0.39, 0.29) is 17.7 Å². The average Bonchev–Trinajstić information content (AvgIpc) is 2.90. The number of carbonyl (C=O) groups is 2. The predicted octanol–water partition coefficient (Wildman–Crippen LogP) is 3.96. The van der Waals surface area contributed by atoms with E-state index in [0.717, 1.165) is 22.6 Å². The Morgan fingerprint density at radius 3 is 2.40 bits per heavy atom. The summed E-state index contributed by atoms with van der Waals surface area (Å²) in [6.07, 6.45) is 2.75. The number of para-hydroxylation sites is 1. The fourth-order valence-electron chi connectivity index (χ4n) is 2.47. The Hall–Kier alpha value is -3.08. The predicted molar refractivity (Wildman–Crippen MR) is 97.3 cm³/mol. The van der Waals surface area contributed by atoms with E-state index < -0.39 is 6.03 Å². The Bertz CT molecular complexity index is 797. The monoisotopic (exact) mass is 336 g/mol. The number of rotatable bonds is 5. The van der Waals surface area contributed by atoms with Gasteiger partial charge < -0.3 is 10.1 Å². The van der Waals surface area contributed by atoms with E-state index in [1.807, 2.05) is 37.3 Å². The van der Waals surface area contributed by atoms with Gasteiger partial charge in [0.25, 0.3) is 5.91 Å². The Morgan fingerprint density at radius 1 is 1.08 bits per heavy atom. The van der Waals surface area contributed by atoms with Crippen molar-refractivity contribution in [2.24, 2.45) is 0 Å². The van der Waals surface area contributed by atoms with Gasteiger partial charge in [-0.15, -0.1) is 0 Å². The molecule has 25 heavy (non-hydrogen) atoms. The summed E-state index contributed by atoms with van der Waals surface area (Å²) in [4.78, 5) is 25.8. The fraction of sp³-hybridized carbons (Fsp3) is 0.200. The topological polar surface area (TPSA) is 58.6 Å². The second kappa shape index (κ2) is 7.21. The summed E-state index contributed by atoms with van der Waals surface area (Å²) in [5, 5.41) is 2.62. The molecule has 0 radical (unpaired) electrons. The molecule has 0 aliphatic carbocycles. The number of hydrogen-bond donors (Lipinski definition) is 1. The molecule has 0 aromatic heterocycles. The summed E-state index contributed by atoms with van der Waals surface area (Å²) < 4.78 is 5.74. The summed E-state index contributed by atoms with van der Waals surface area (Å²) in [5.74, 6) is 0.417. The Kier molecular flexibility index (Phi) is 4.84. The van der Waals surface area contributed by atoms with E-state index >= 15 is 0 Å². The van der Waals surface area contributed by atoms with Crippen LogP contribution in [-0.2, 0) is 4.79 Å². The zero-order valence-corrected chi connectivity index (χ0v) is 14.2. The van der Waals surface area contributed by atoms with Crippen molar-refractivity contribution >= 4 is 23.7 Å². The van der Waals surface area contributed by atoms with Crippen LogP contribution in [0.25, 0.3) is 6.08 Å². The maximum Gasteiger partial charge on any atom is 0.333 e. The van der Waals surface area contributed by atoms with Crippen molar-refractivity contribution in [1.29, 1.82) is 0 Å². The number of hydrogen-bond acceptors (Lipinski definition) is 3. The fourth-order valence-corrected chi connectivity index (χ4v) is 2.47. The Labute approximate surface area is 146 Å². The smallest absolute Gasteiger partial charge is 0.333 e. The molecule has 1 saturated heterocycles. The summed E-state index contributed by atoms with van der Waals surface area (Å²) >= 11 is 0. The number of nitrogens with one attached hydrogen (secondary N) is 1. The second-order valence-electron chi connectivity index (χ2n) is 5.87. The average molecular weight is 336 g/mol. The lowest BCUT2D eigenvalue weighted by Crippen LogP contribution is -2.30. The lowest BCUT2D eigenvalue weighted by molar-refractivity contribution is -0.113. The van der Waals surface area contributed by atoms with Gasteiger partial charge in [0.2, 0.25) is 0 Å². The van der Waals surface area contributed by atoms with Gasteiger partial charge in [0.05, 0.1) is 11.8 Å². The van der Waals surface area contributed by atoms with Crippen LogP contribution in [0, 0.1) is 0 Å². The SMILES string of the molecule is CCC(C)Oc1ccc(C=C2NC(=O)N(c3ccccc3)C2=O)cc1. The summed E-state index contributed by atoms with van der Waals surface area (Å²) in [6, 6.07) is 15.8. The standard InChI is InChI=1S/C20H20N2O3/c1-3-14(2)25-17-11-9-15(10-12-17)13-18-19(23)22(20(24)21-18)16-7-5-4-6-8-16/h4-14H,3H2,1-2H3,(H,21,24). The highest BCUT2D eigenvalue weighted by molar-refractivity contribution is 6.28. The first-order chi connectivity index (χ1) is 12.1. The van der Waals surface area contributed by atoms with Crippen LogP contribution in [0.4, 0.5) is 10.5 Å². The van der Waals surface area contributed by atoms with E-state index in [4.69, 9.17) is 4.74 Å². The molecule has 2 aromatic carbocycles. The lowest BCUT2D eigenvalue weighted by atomic mass is 10.1. The van der Waals surface area contributed by atoms with Crippen LogP contribution < -0.4 is 15.0 Å². The number of carbonyl (C=O) groups excluding carboxylic acids is 2. The largest absolute Gasteiger partial charge is 0.491 e. The summed E-state index contributed by atoms with van der Waals surface area (Å²) in [7, 11) is 0. The summed E-state index contributed by atoms with van der Waals surface area (Å²) in [5.41, 5.74) is 1.62. The molecule has 1 aliphatic rings. The van der Waals surface area contributed by atoms with Crippen LogP contribution in [0.2, 0.25) is 0 Å². The van der Waals surface area contributed by atoms with Gasteiger partial charge >= 0.3 is 6.03 Å². The highest BCUT2D eigenvalue weighted by Crippen LogP contribution is 2.22. The number of amides is 3. The molecular weight excluding hydrogens is 316 g/mol. The molecule has 3 rings (SSSR count). The van der Waals surface area contributed by atoms with Gasteiger partial charge in [-0.3, -0.25) is 4.79 Å². The molecule has 1 fully saturated rings. The molecule has 3 amide bonds. The first kappa shape index (κ1) is 16.8. The van der Waals surface area contributed by atoms with Gasteiger partial charge in [0, 0.05) is 0 Å². The molecule has 1 N–H and O–H groups in total. The lowest BCUT2D eigenvalue weighted by Gasteiger charge is -2.12. The molecule has 1 heterocycles. The highest BCUT2D eigenvalue weighted by Gasteiger charge is 2.34. The van der Waals surface area contributed by atoms with Crippen LogP contribution in [0.5, 0.6) is 5.75 Å². The van der Waals surface area contributed by atoms with E-state index in [0.29, 0.717) is 5.69 Å². The van der Waals surface area contributed by atoms with Crippen LogP contribution in [0.15, 0.2) is 60.3 Å². The van der Waals surface area contributed by atoms with Gasteiger partial charge in [-0.05, 0) is 49.2 Å². The van der Waals surface area contributed by atoms with Gasteiger partial charge in [-0.1, -0.05) is 37.3 Å². The van der Waals surface area contributed by atoms with Crippen molar-refractivity contribution in [3.05, 3.63) is 65.9 Å². The molecule has 1 unspecified atom stereocenters. The highest BCUT2D eigenvalue weighted by atomic mass is 16.5. The third-order valence-electron chi connectivity index (χ3n) is 4.00. The van der Waals surface area contributed by atoms with Gasteiger partial charge in [-0.2, -0.15) is 0 Å². The number of ether oxygens (including phenoxy) is 1. The van der Waals surface area contributed by atoms with Crippen LogP contribution in [0.1, 0.15) is 25.8 Å². The zero-order chi connectivity index (χ0) is 17.8. The normalized spacial score (nSPS) is 16.9. The number of anilines is 1. The number of imide groups is 1. The maximum atomic E-state index is 12.5. The van der Waals surface area contributed by atoms with Crippen molar-refractivity contribution in [2.75, 3.05) is 4.90 Å². The number of benzene rings is 2. The van der Waals surface area contributed by atoms with E-state index in [2.05, 4.69) is 12.2 Å². The van der Waals surface area contributed by atoms with Crippen LogP contribution in [0.3, 0.4) is 0 Å². The minimum atomic E-state index is -0.445. The number of nitrogens with zero attached hydrogens (tertiary/aromatic N) is 1.